The van der Waals surface area contributed by atoms with Gasteiger partial charge in [0.1, 0.15) is 0 Å². The van der Waals surface area contributed by atoms with Crippen LogP contribution < -0.4 is 0 Å². The van der Waals surface area contributed by atoms with Gasteiger partial charge in [0.25, 0.3) is 0 Å². The summed E-state index contributed by atoms with van der Waals surface area (Å²) in [6.07, 6.45) is 4.29. The van der Waals surface area contributed by atoms with Crippen molar-refractivity contribution < 1.29 is 0 Å². The van der Waals surface area contributed by atoms with Gasteiger partial charge in [0.15, 0.2) is 0 Å². The Morgan fingerprint density at radius 1 is 1.14 bits per heavy atom. The molecule has 0 fully saturated rings. The predicted octanol–water partition coefficient (Wildman–Crippen LogP) is 4.82. The molecule has 0 amide bonds. The smallest absolute Gasteiger partial charge is 0.0181 e. The monoisotopic (exact) mass is 250 g/mol. The molecule has 1 aromatic rings. The molecule has 0 nitrogen and oxygen atoms in total. The van der Waals surface area contributed by atoms with Gasteiger partial charge in [-0.3, -0.25) is 0 Å². The number of halogens is 1. The van der Waals surface area contributed by atoms with Crippen molar-refractivity contribution >= 4 is 21.5 Å². The van der Waals surface area contributed by atoms with Crippen LogP contribution in [0.3, 0.4) is 0 Å². The fourth-order valence-electron chi connectivity index (χ4n) is 1.12. The van der Waals surface area contributed by atoms with Crippen LogP contribution in [0.15, 0.2) is 46.5 Å². The van der Waals surface area contributed by atoms with Gasteiger partial charge in [0.2, 0.25) is 0 Å². The van der Waals surface area contributed by atoms with E-state index in [9.17, 15) is 0 Å². The molecule has 0 heterocycles. The highest BCUT2D eigenvalue weighted by Gasteiger charge is 1.94. The Hall–Kier alpha value is -0.820. The molecule has 1 aromatic carbocycles. The van der Waals surface area contributed by atoms with Crippen molar-refractivity contribution in [3.05, 3.63) is 52.0 Å². The van der Waals surface area contributed by atoms with Crippen molar-refractivity contribution in [1.29, 1.82) is 0 Å². The lowest BCUT2D eigenvalue weighted by molar-refractivity contribution is 1.39. The predicted molar refractivity (Wildman–Crippen MR) is 67.2 cm³/mol. The van der Waals surface area contributed by atoms with E-state index in [4.69, 9.17) is 0 Å². The quantitative estimate of drug-likeness (QED) is 0.661. The SMILES string of the molecule is CC(C)=C/C=C(\C)c1cccc(Br)c1. The number of rotatable bonds is 2. The molecule has 0 aliphatic heterocycles. The van der Waals surface area contributed by atoms with Crippen LogP contribution in [-0.4, -0.2) is 0 Å². The molecule has 1 rings (SSSR count). The highest BCUT2D eigenvalue weighted by atomic mass is 79.9. The first-order valence-electron chi connectivity index (χ1n) is 4.67. The third kappa shape index (κ3) is 3.51. The first-order chi connectivity index (χ1) is 6.59. The highest BCUT2D eigenvalue weighted by molar-refractivity contribution is 9.10. The third-order valence-electron chi connectivity index (χ3n) is 1.95. The molecular formula is C13H15Br. The summed E-state index contributed by atoms with van der Waals surface area (Å²) in [5.74, 6) is 0. The summed E-state index contributed by atoms with van der Waals surface area (Å²) >= 11 is 3.47. The van der Waals surface area contributed by atoms with Crippen LogP contribution in [0.4, 0.5) is 0 Å². The van der Waals surface area contributed by atoms with Gasteiger partial charge in [0, 0.05) is 4.47 Å². The fraction of sp³-hybridized carbons (Fsp3) is 0.231. The van der Waals surface area contributed by atoms with E-state index in [2.05, 4.69) is 67.1 Å². The van der Waals surface area contributed by atoms with Gasteiger partial charge >= 0.3 is 0 Å². The standard InChI is InChI=1S/C13H15Br/c1-10(2)7-8-11(3)12-5-4-6-13(14)9-12/h4-9H,1-3H3/b11-8+. The van der Waals surface area contributed by atoms with Gasteiger partial charge in [-0.05, 0) is 44.0 Å². The molecule has 0 atom stereocenters. The van der Waals surface area contributed by atoms with Crippen molar-refractivity contribution in [3.8, 4) is 0 Å². The molecule has 0 radical (unpaired) electrons. The summed E-state index contributed by atoms with van der Waals surface area (Å²) in [6.45, 7) is 6.33. The molecule has 0 aliphatic rings. The molecular weight excluding hydrogens is 236 g/mol. The normalized spacial score (nSPS) is 11.3. The number of hydrogen-bond acceptors (Lipinski definition) is 0. The average Bonchev–Trinajstić information content (AvgIpc) is 2.14. The van der Waals surface area contributed by atoms with E-state index in [1.165, 1.54) is 16.7 Å². The Balaban J connectivity index is 2.95. The first kappa shape index (κ1) is 11.3. The molecule has 0 saturated carbocycles. The van der Waals surface area contributed by atoms with E-state index < -0.39 is 0 Å². The number of allylic oxidation sites excluding steroid dienone is 4. The van der Waals surface area contributed by atoms with Gasteiger partial charge < -0.3 is 0 Å². The maximum atomic E-state index is 3.47. The van der Waals surface area contributed by atoms with E-state index in [-0.39, 0.29) is 0 Å². The Bertz CT molecular complexity index is 369. The van der Waals surface area contributed by atoms with Gasteiger partial charge in [-0.1, -0.05) is 45.8 Å². The van der Waals surface area contributed by atoms with Crippen LogP contribution in [0.1, 0.15) is 26.3 Å². The van der Waals surface area contributed by atoms with Crippen molar-refractivity contribution in [3.63, 3.8) is 0 Å². The van der Waals surface area contributed by atoms with E-state index >= 15 is 0 Å². The Morgan fingerprint density at radius 2 is 1.86 bits per heavy atom. The summed E-state index contributed by atoms with van der Waals surface area (Å²) < 4.78 is 1.12. The van der Waals surface area contributed by atoms with Crippen LogP contribution in [0.5, 0.6) is 0 Å². The lowest BCUT2D eigenvalue weighted by atomic mass is 10.1. The summed E-state index contributed by atoms with van der Waals surface area (Å²) in [5.41, 5.74) is 3.86. The van der Waals surface area contributed by atoms with E-state index in [1.807, 2.05) is 6.07 Å². The maximum Gasteiger partial charge on any atom is 0.0181 e. The summed E-state index contributed by atoms with van der Waals surface area (Å²) in [7, 11) is 0. The molecule has 0 bridgehead atoms. The number of benzene rings is 1. The van der Waals surface area contributed by atoms with E-state index in [0.29, 0.717) is 0 Å². The minimum absolute atomic E-state index is 1.12. The zero-order chi connectivity index (χ0) is 10.6. The van der Waals surface area contributed by atoms with Crippen LogP contribution in [0, 0.1) is 0 Å². The van der Waals surface area contributed by atoms with Crippen LogP contribution in [0.25, 0.3) is 5.57 Å². The molecule has 0 N–H and O–H groups in total. The molecule has 0 aliphatic carbocycles. The zero-order valence-corrected chi connectivity index (χ0v) is 10.4. The second-order valence-corrected chi connectivity index (χ2v) is 4.52. The number of hydrogen-bond donors (Lipinski definition) is 0. The van der Waals surface area contributed by atoms with Crippen molar-refractivity contribution in [2.24, 2.45) is 0 Å². The third-order valence-corrected chi connectivity index (χ3v) is 2.44. The van der Waals surface area contributed by atoms with Crippen molar-refractivity contribution in [1.82, 2.24) is 0 Å². The molecule has 74 valence electrons. The molecule has 0 aromatic heterocycles. The second-order valence-electron chi connectivity index (χ2n) is 3.60. The van der Waals surface area contributed by atoms with Gasteiger partial charge in [-0.2, -0.15) is 0 Å². The Kier molecular flexibility index (Phi) is 4.15. The fourth-order valence-corrected chi connectivity index (χ4v) is 1.52. The maximum absolute atomic E-state index is 3.47. The van der Waals surface area contributed by atoms with Crippen LogP contribution in [0.2, 0.25) is 0 Å². The largest absolute Gasteiger partial charge is 0.0764 e. The zero-order valence-electron chi connectivity index (χ0n) is 8.84. The van der Waals surface area contributed by atoms with Gasteiger partial charge in [-0.15, -0.1) is 0 Å². The molecule has 1 heteroatoms. The molecule has 14 heavy (non-hydrogen) atoms. The summed E-state index contributed by atoms with van der Waals surface area (Å²) in [5, 5.41) is 0. The topological polar surface area (TPSA) is 0 Å². The lowest BCUT2D eigenvalue weighted by Gasteiger charge is -2.00. The Morgan fingerprint density at radius 3 is 2.43 bits per heavy atom. The molecule has 0 unspecified atom stereocenters. The summed E-state index contributed by atoms with van der Waals surface area (Å²) in [6, 6.07) is 8.34. The lowest BCUT2D eigenvalue weighted by Crippen LogP contribution is -1.78. The second kappa shape index (κ2) is 5.16. The molecule has 0 saturated heterocycles. The van der Waals surface area contributed by atoms with E-state index in [1.54, 1.807) is 0 Å². The minimum Gasteiger partial charge on any atom is -0.0764 e. The van der Waals surface area contributed by atoms with Crippen molar-refractivity contribution in [2.45, 2.75) is 20.8 Å². The van der Waals surface area contributed by atoms with Crippen LogP contribution in [-0.2, 0) is 0 Å². The minimum atomic E-state index is 1.12. The molecule has 0 spiro atoms. The van der Waals surface area contributed by atoms with E-state index in [0.717, 1.165) is 4.47 Å². The van der Waals surface area contributed by atoms with Crippen molar-refractivity contribution in [2.75, 3.05) is 0 Å². The van der Waals surface area contributed by atoms with Crippen LogP contribution >= 0.6 is 15.9 Å². The summed E-state index contributed by atoms with van der Waals surface area (Å²) in [4.78, 5) is 0. The first-order valence-corrected chi connectivity index (χ1v) is 5.46. The van der Waals surface area contributed by atoms with Gasteiger partial charge in [-0.25, -0.2) is 0 Å². The highest BCUT2D eigenvalue weighted by Crippen LogP contribution is 2.18. The Labute approximate surface area is 94.5 Å². The average molecular weight is 251 g/mol. The van der Waals surface area contributed by atoms with Gasteiger partial charge in [0.05, 0.1) is 0 Å².